The fourth-order valence-electron chi connectivity index (χ4n) is 1.80. The molecule has 0 aliphatic heterocycles. The van der Waals surface area contributed by atoms with Crippen molar-refractivity contribution in [3.8, 4) is 24.2 Å². The number of rotatable bonds is 8. The molecule has 0 aromatic heterocycles. The Morgan fingerprint density at radius 2 is 1.76 bits per heavy atom. The van der Waals surface area contributed by atoms with E-state index in [2.05, 4.69) is 33.8 Å². The average Bonchev–Trinajstić information content (AvgIpc) is 2.51. The van der Waals surface area contributed by atoms with Gasteiger partial charge < -0.3 is 9.47 Å². The Balaban J connectivity index is 4.87. The van der Waals surface area contributed by atoms with Crippen LogP contribution in [0.4, 0.5) is 0 Å². The van der Waals surface area contributed by atoms with Crippen LogP contribution in [0, 0.1) is 29.6 Å². The zero-order valence-corrected chi connectivity index (χ0v) is 12.7. The van der Waals surface area contributed by atoms with Crippen LogP contribution in [0.1, 0.15) is 38.5 Å². The Morgan fingerprint density at radius 1 is 1.14 bits per heavy atom. The number of ether oxygens (including phenoxy) is 2. The SMILES string of the molecule is C#CCC(CC#CCCCCC=C)(C(=O)OC)C(=O)OC. The second kappa shape index (κ2) is 10.6. The van der Waals surface area contributed by atoms with Crippen molar-refractivity contribution in [1.29, 1.82) is 0 Å². The molecule has 0 rings (SSSR count). The van der Waals surface area contributed by atoms with Crippen molar-refractivity contribution in [2.24, 2.45) is 5.41 Å². The van der Waals surface area contributed by atoms with Crippen molar-refractivity contribution in [2.45, 2.75) is 38.5 Å². The summed E-state index contributed by atoms with van der Waals surface area (Å²) in [6.07, 6.45) is 10.6. The maximum Gasteiger partial charge on any atom is 0.325 e. The number of unbranched alkanes of at least 4 members (excludes halogenated alkanes) is 3. The second-order valence-electron chi connectivity index (χ2n) is 4.51. The molecule has 0 aliphatic rings. The summed E-state index contributed by atoms with van der Waals surface area (Å²) in [5.74, 6) is 6.69. The number of allylic oxidation sites excluding steroid dienone is 1. The maximum atomic E-state index is 11.9. The molecule has 0 N–H and O–H groups in total. The molecular weight excluding hydrogens is 268 g/mol. The minimum Gasteiger partial charge on any atom is -0.468 e. The molecule has 21 heavy (non-hydrogen) atoms. The summed E-state index contributed by atoms with van der Waals surface area (Å²) in [4.78, 5) is 23.9. The third kappa shape index (κ3) is 5.75. The highest BCUT2D eigenvalue weighted by Gasteiger charge is 2.47. The molecule has 0 aromatic carbocycles. The summed E-state index contributed by atoms with van der Waals surface area (Å²) in [6.45, 7) is 3.65. The molecule has 0 aromatic rings. The molecule has 0 radical (unpaired) electrons. The van der Waals surface area contributed by atoms with Crippen LogP contribution >= 0.6 is 0 Å². The first kappa shape index (κ1) is 18.8. The van der Waals surface area contributed by atoms with Crippen LogP contribution in [-0.4, -0.2) is 26.2 Å². The maximum absolute atomic E-state index is 11.9. The van der Waals surface area contributed by atoms with Crippen molar-refractivity contribution in [1.82, 2.24) is 0 Å². The summed E-state index contributed by atoms with van der Waals surface area (Å²) in [5.41, 5.74) is -1.54. The van der Waals surface area contributed by atoms with Gasteiger partial charge in [0.05, 0.1) is 14.2 Å². The normalized spacial score (nSPS) is 9.76. The minimum atomic E-state index is -1.54. The molecular formula is C17H22O4. The van der Waals surface area contributed by atoms with Crippen molar-refractivity contribution >= 4 is 11.9 Å². The quantitative estimate of drug-likeness (QED) is 0.226. The van der Waals surface area contributed by atoms with Crippen LogP contribution in [0.25, 0.3) is 0 Å². The van der Waals surface area contributed by atoms with E-state index in [0.717, 1.165) is 19.3 Å². The fourth-order valence-corrected chi connectivity index (χ4v) is 1.80. The molecule has 0 aliphatic carbocycles. The molecule has 0 saturated carbocycles. The lowest BCUT2D eigenvalue weighted by atomic mass is 9.81. The standard InChI is InChI=1S/C17H22O4/c1-5-7-8-9-10-11-12-14-17(13-6-2,15(18)20-3)16(19)21-4/h2,5H,1,7-10,13-14H2,3-4H3. The molecule has 0 bridgehead atoms. The number of carbonyl (C=O) groups excluding carboxylic acids is 2. The van der Waals surface area contributed by atoms with Gasteiger partial charge in [-0.05, 0) is 19.3 Å². The number of carbonyl (C=O) groups is 2. The lowest BCUT2D eigenvalue weighted by Crippen LogP contribution is -2.40. The van der Waals surface area contributed by atoms with E-state index in [0.29, 0.717) is 6.42 Å². The Morgan fingerprint density at radius 3 is 2.24 bits per heavy atom. The van der Waals surface area contributed by atoms with E-state index in [-0.39, 0.29) is 12.8 Å². The van der Waals surface area contributed by atoms with E-state index >= 15 is 0 Å². The zero-order chi connectivity index (χ0) is 16.1. The molecule has 4 heteroatoms. The van der Waals surface area contributed by atoms with E-state index in [1.165, 1.54) is 14.2 Å². The van der Waals surface area contributed by atoms with Gasteiger partial charge in [-0.1, -0.05) is 6.08 Å². The van der Waals surface area contributed by atoms with Crippen LogP contribution in [0.3, 0.4) is 0 Å². The molecule has 0 heterocycles. The number of methoxy groups -OCH3 is 2. The predicted octanol–water partition coefficient (Wildman–Crippen LogP) is 2.48. The second-order valence-corrected chi connectivity index (χ2v) is 4.51. The largest absolute Gasteiger partial charge is 0.468 e. The van der Waals surface area contributed by atoms with Gasteiger partial charge in [0.25, 0.3) is 0 Å². The number of hydrogen-bond donors (Lipinski definition) is 0. The third-order valence-corrected chi connectivity index (χ3v) is 3.03. The smallest absolute Gasteiger partial charge is 0.325 e. The first-order valence-electron chi connectivity index (χ1n) is 6.76. The van der Waals surface area contributed by atoms with Gasteiger partial charge in [0, 0.05) is 19.3 Å². The number of esters is 2. The van der Waals surface area contributed by atoms with Crippen LogP contribution in [-0.2, 0) is 19.1 Å². The van der Waals surface area contributed by atoms with Crippen molar-refractivity contribution < 1.29 is 19.1 Å². The van der Waals surface area contributed by atoms with Gasteiger partial charge in [0.15, 0.2) is 5.41 Å². The van der Waals surface area contributed by atoms with Crippen molar-refractivity contribution in [3.05, 3.63) is 12.7 Å². The number of terminal acetylenes is 1. The van der Waals surface area contributed by atoms with Crippen LogP contribution in [0.2, 0.25) is 0 Å². The highest BCUT2D eigenvalue weighted by Crippen LogP contribution is 2.29. The fraction of sp³-hybridized carbons (Fsp3) is 0.529. The Bertz CT molecular complexity index is 443. The Labute approximate surface area is 126 Å². The predicted molar refractivity (Wildman–Crippen MR) is 81.0 cm³/mol. The van der Waals surface area contributed by atoms with Gasteiger partial charge in [-0.3, -0.25) is 9.59 Å². The van der Waals surface area contributed by atoms with Crippen LogP contribution in [0.5, 0.6) is 0 Å². The van der Waals surface area contributed by atoms with Crippen molar-refractivity contribution in [3.63, 3.8) is 0 Å². The Kier molecular flexibility index (Phi) is 9.46. The van der Waals surface area contributed by atoms with Gasteiger partial charge in [0.1, 0.15) is 0 Å². The summed E-state index contributed by atoms with van der Waals surface area (Å²) in [7, 11) is 2.42. The first-order chi connectivity index (χ1) is 10.1. The summed E-state index contributed by atoms with van der Waals surface area (Å²) in [6, 6.07) is 0. The lowest BCUT2D eigenvalue weighted by Gasteiger charge is -2.23. The molecule has 0 amide bonds. The van der Waals surface area contributed by atoms with Gasteiger partial charge in [-0.25, -0.2) is 0 Å². The highest BCUT2D eigenvalue weighted by atomic mass is 16.5. The molecule has 0 spiro atoms. The highest BCUT2D eigenvalue weighted by molar-refractivity contribution is 6.00. The molecule has 0 saturated heterocycles. The molecule has 4 nitrogen and oxygen atoms in total. The van der Waals surface area contributed by atoms with E-state index < -0.39 is 17.4 Å². The zero-order valence-electron chi connectivity index (χ0n) is 12.7. The summed E-state index contributed by atoms with van der Waals surface area (Å²) < 4.78 is 9.37. The van der Waals surface area contributed by atoms with Gasteiger partial charge in [-0.15, -0.1) is 30.8 Å². The van der Waals surface area contributed by atoms with Gasteiger partial charge in [-0.2, -0.15) is 0 Å². The van der Waals surface area contributed by atoms with E-state index in [4.69, 9.17) is 6.42 Å². The van der Waals surface area contributed by atoms with Crippen LogP contribution < -0.4 is 0 Å². The van der Waals surface area contributed by atoms with E-state index in [1.807, 2.05) is 6.08 Å². The number of hydrogen-bond acceptors (Lipinski definition) is 4. The van der Waals surface area contributed by atoms with E-state index in [1.54, 1.807) is 0 Å². The van der Waals surface area contributed by atoms with Gasteiger partial charge in [0.2, 0.25) is 0 Å². The van der Waals surface area contributed by atoms with E-state index in [9.17, 15) is 9.59 Å². The summed E-state index contributed by atoms with van der Waals surface area (Å²) >= 11 is 0. The lowest BCUT2D eigenvalue weighted by molar-refractivity contribution is -0.168. The molecule has 0 fully saturated rings. The third-order valence-electron chi connectivity index (χ3n) is 3.03. The Hall–Kier alpha value is -2.20. The average molecular weight is 290 g/mol. The van der Waals surface area contributed by atoms with Crippen LogP contribution in [0.15, 0.2) is 12.7 Å². The van der Waals surface area contributed by atoms with Crippen molar-refractivity contribution in [2.75, 3.05) is 14.2 Å². The van der Waals surface area contributed by atoms with Gasteiger partial charge >= 0.3 is 11.9 Å². The summed E-state index contributed by atoms with van der Waals surface area (Å²) in [5, 5.41) is 0. The molecule has 114 valence electrons. The topological polar surface area (TPSA) is 52.6 Å². The minimum absolute atomic E-state index is 0.00198. The molecule has 0 unspecified atom stereocenters. The monoisotopic (exact) mass is 290 g/mol. The first-order valence-corrected chi connectivity index (χ1v) is 6.76. The molecule has 0 atom stereocenters.